The average molecular weight is 489 g/mol. The maximum Gasteiger partial charge on any atom is 0.338 e. The monoisotopic (exact) mass is 488 g/mol. The van der Waals surface area contributed by atoms with E-state index >= 15 is 0 Å². The Morgan fingerprint density at radius 1 is 1.00 bits per heavy atom. The third-order valence-corrected chi connectivity index (χ3v) is 7.24. The van der Waals surface area contributed by atoms with Gasteiger partial charge in [-0.3, -0.25) is 9.59 Å². The first-order valence-electron chi connectivity index (χ1n) is 11.2. The van der Waals surface area contributed by atoms with Crippen LogP contribution in [0.5, 0.6) is 0 Å². The fraction of sp³-hybridized carbons (Fsp3) is 0.400. The van der Waals surface area contributed by atoms with Crippen LogP contribution in [0.3, 0.4) is 0 Å². The number of sulfonamides is 1. The average Bonchev–Trinajstić information content (AvgIpc) is 2.78. The van der Waals surface area contributed by atoms with Crippen LogP contribution in [-0.2, 0) is 19.6 Å². The maximum absolute atomic E-state index is 12.8. The molecular formula is C25H32N2O6S. The zero-order valence-electron chi connectivity index (χ0n) is 20.3. The molecule has 2 rings (SSSR count). The zero-order chi connectivity index (χ0) is 25.5. The Balaban J connectivity index is 2.07. The minimum Gasteiger partial charge on any atom is -0.454 e. The van der Waals surface area contributed by atoms with Crippen LogP contribution in [-0.4, -0.2) is 50.1 Å². The summed E-state index contributed by atoms with van der Waals surface area (Å²) < 4.78 is 32.0. The van der Waals surface area contributed by atoms with Crippen molar-refractivity contribution < 1.29 is 27.5 Å². The minimum atomic E-state index is -3.74. The van der Waals surface area contributed by atoms with Gasteiger partial charge in [0.15, 0.2) is 12.4 Å². The molecule has 0 heterocycles. The van der Waals surface area contributed by atoms with Gasteiger partial charge in [0, 0.05) is 30.8 Å². The number of nitrogens with one attached hydrogen (secondary N) is 1. The number of ether oxygens (including phenoxy) is 1. The number of hydrogen-bond acceptors (Lipinski definition) is 6. The summed E-state index contributed by atoms with van der Waals surface area (Å²) in [6.07, 6.45) is 0.396. The van der Waals surface area contributed by atoms with Crippen molar-refractivity contribution >= 4 is 33.4 Å². The molecule has 1 amide bonds. The lowest BCUT2D eigenvalue weighted by molar-refractivity contribution is -0.116. The van der Waals surface area contributed by atoms with Crippen LogP contribution in [0, 0.1) is 12.8 Å². The molecule has 0 aromatic heterocycles. The highest BCUT2D eigenvalue weighted by Crippen LogP contribution is 2.20. The van der Waals surface area contributed by atoms with Crippen LogP contribution in [0.1, 0.15) is 60.4 Å². The minimum absolute atomic E-state index is 0.00446. The SMILES string of the molecule is CCN(CC)S(=O)(=O)c1ccc(C)c(C(=O)OCC(=O)c2ccc(NC(=O)CC(C)C)cc2)c1. The molecule has 2 aromatic carbocycles. The van der Waals surface area contributed by atoms with Crippen LogP contribution in [0.2, 0.25) is 0 Å². The molecule has 0 saturated carbocycles. The first kappa shape index (κ1) is 27.2. The van der Waals surface area contributed by atoms with E-state index in [1.54, 1.807) is 51.1 Å². The van der Waals surface area contributed by atoms with E-state index in [-0.39, 0.29) is 22.3 Å². The third kappa shape index (κ3) is 6.98. The standard InChI is InChI=1S/C25H32N2O6S/c1-6-27(7-2)34(31,32)21-13-8-18(5)22(15-21)25(30)33-16-23(28)19-9-11-20(12-10-19)26-24(29)14-17(3)4/h8-13,15,17H,6-7,14,16H2,1-5H3,(H,26,29). The molecule has 0 aliphatic rings. The number of anilines is 1. The molecule has 0 aliphatic carbocycles. The summed E-state index contributed by atoms with van der Waals surface area (Å²) in [5.41, 5.74) is 1.52. The first-order valence-corrected chi connectivity index (χ1v) is 12.6. The molecule has 184 valence electrons. The summed E-state index contributed by atoms with van der Waals surface area (Å²) in [7, 11) is -3.74. The molecule has 0 saturated heterocycles. The third-order valence-electron chi connectivity index (χ3n) is 5.19. The molecule has 8 nitrogen and oxygen atoms in total. The highest BCUT2D eigenvalue weighted by atomic mass is 32.2. The second-order valence-electron chi connectivity index (χ2n) is 8.29. The Labute approximate surface area is 201 Å². The molecular weight excluding hydrogens is 456 g/mol. The Morgan fingerprint density at radius 2 is 1.62 bits per heavy atom. The smallest absolute Gasteiger partial charge is 0.338 e. The number of rotatable bonds is 11. The fourth-order valence-electron chi connectivity index (χ4n) is 3.31. The molecule has 34 heavy (non-hydrogen) atoms. The van der Waals surface area contributed by atoms with E-state index in [4.69, 9.17) is 4.74 Å². The lowest BCUT2D eigenvalue weighted by Crippen LogP contribution is -2.30. The van der Waals surface area contributed by atoms with Gasteiger partial charge >= 0.3 is 5.97 Å². The van der Waals surface area contributed by atoms with Gasteiger partial charge in [0.05, 0.1) is 10.5 Å². The lowest BCUT2D eigenvalue weighted by Gasteiger charge is -2.19. The summed E-state index contributed by atoms with van der Waals surface area (Å²) in [5, 5.41) is 2.76. The van der Waals surface area contributed by atoms with E-state index in [1.165, 1.54) is 16.4 Å². The number of hydrogen-bond donors (Lipinski definition) is 1. The van der Waals surface area contributed by atoms with E-state index in [1.807, 2.05) is 13.8 Å². The first-order chi connectivity index (χ1) is 16.0. The predicted octanol–water partition coefficient (Wildman–Crippen LogP) is 4.05. The number of amides is 1. The lowest BCUT2D eigenvalue weighted by atomic mass is 10.1. The molecule has 0 spiro atoms. The molecule has 0 radical (unpaired) electrons. The Kier molecular flexibility index (Phi) is 9.52. The normalized spacial score (nSPS) is 11.5. The second kappa shape index (κ2) is 11.9. The molecule has 2 aromatic rings. The fourth-order valence-corrected chi connectivity index (χ4v) is 4.79. The Hall–Kier alpha value is -3.04. The van der Waals surface area contributed by atoms with Gasteiger partial charge in [-0.05, 0) is 54.8 Å². The van der Waals surface area contributed by atoms with E-state index in [9.17, 15) is 22.8 Å². The Bertz CT molecular complexity index is 1140. The summed E-state index contributed by atoms with van der Waals surface area (Å²) in [6, 6.07) is 10.6. The van der Waals surface area contributed by atoms with Gasteiger partial charge in [-0.25, -0.2) is 13.2 Å². The molecule has 0 aliphatic heterocycles. The highest BCUT2D eigenvalue weighted by molar-refractivity contribution is 7.89. The van der Waals surface area contributed by atoms with Crippen LogP contribution in [0.4, 0.5) is 5.69 Å². The Morgan fingerprint density at radius 3 is 2.18 bits per heavy atom. The number of esters is 1. The molecule has 0 unspecified atom stereocenters. The van der Waals surface area contributed by atoms with Crippen molar-refractivity contribution in [2.75, 3.05) is 25.0 Å². The summed E-state index contributed by atoms with van der Waals surface area (Å²) in [4.78, 5) is 37.0. The molecule has 0 atom stereocenters. The van der Waals surface area contributed by atoms with Gasteiger partial charge in [-0.2, -0.15) is 4.31 Å². The van der Waals surface area contributed by atoms with Crippen molar-refractivity contribution in [3.05, 3.63) is 59.2 Å². The van der Waals surface area contributed by atoms with E-state index in [2.05, 4.69) is 5.32 Å². The second-order valence-corrected chi connectivity index (χ2v) is 10.2. The van der Waals surface area contributed by atoms with E-state index < -0.39 is 28.4 Å². The van der Waals surface area contributed by atoms with E-state index in [0.29, 0.717) is 36.3 Å². The van der Waals surface area contributed by atoms with Crippen molar-refractivity contribution in [3.8, 4) is 0 Å². The number of ketones is 1. The van der Waals surface area contributed by atoms with Crippen LogP contribution in [0.15, 0.2) is 47.4 Å². The quantitative estimate of drug-likeness (QED) is 0.377. The van der Waals surface area contributed by atoms with Gasteiger partial charge in [0.2, 0.25) is 15.9 Å². The van der Waals surface area contributed by atoms with Gasteiger partial charge in [-0.15, -0.1) is 0 Å². The van der Waals surface area contributed by atoms with Crippen molar-refractivity contribution in [2.24, 2.45) is 5.92 Å². The zero-order valence-corrected chi connectivity index (χ0v) is 21.1. The molecule has 1 N–H and O–H groups in total. The molecule has 0 fully saturated rings. The van der Waals surface area contributed by atoms with Crippen molar-refractivity contribution in [2.45, 2.75) is 45.9 Å². The number of carbonyl (C=O) groups excluding carboxylic acids is 3. The largest absolute Gasteiger partial charge is 0.454 e. The summed E-state index contributed by atoms with van der Waals surface area (Å²) in [5.74, 6) is -1.07. The van der Waals surface area contributed by atoms with Crippen LogP contribution >= 0.6 is 0 Å². The van der Waals surface area contributed by atoms with Crippen molar-refractivity contribution in [1.82, 2.24) is 4.31 Å². The number of benzene rings is 2. The number of nitrogens with zero attached hydrogens (tertiary/aromatic N) is 1. The van der Waals surface area contributed by atoms with Crippen molar-refractivity contribution in [3.63, 3.8) is 0 Å². The van der Waals surface area contributed by atoms with Gasteiger partial charge < -0.3 is 10.1 Å². The predicted molar refractivity (Wildman–Crippen MR) is 130 cm³/mol. The summed E-state index contributed by atoms with van der Waals surface area (Å²) in [6.45, 7) is 9.16. The van der Waals surface area contributed by atoms with Gasteiger partial charge in [0.25, 0.3) is 0 Å². The maximum atomic E-state index is 12.8. The van der Waals surface area contributed by atoms with E-state index in [0.717, 1.165) is 0 Å². The number of aryl methyl sites for hydroxylation is 1. The highest BCUT2D eigenvalue weighted by Gasteiger charge is 2.24. The van der Waals surface area contributed by atoms with Gasteiger partial charge in [0.1, 0.15) is 0 Å². The summed E-state index contributed by atoms with van der Waals surface area (Å²) >= 11 is 0. The number of Topliss-reactive ketones (excluding diaryl/α,β-unsaturated/α-hetero) is 1. The molecule has 0 bridgehead atoms. The topological polar surface area (TPSA) is 110 Å². The van der Waals surface area contributed by atoms with Crippen LogP contribution in [0.25, 0.3) is 0 Å². The molecule has 9 heteroatoms. The van der Waals surface area contributed by atoms with Gasteiger partial charge in [-0.1, -0.05) is 33.8 Å². The number of carbonyl (C=O) groups is 3. The van der Waals surface area contributed by atoms with Crippen molar-refractivity contribution in [1.29, 1.82) is 0 Å². The van der Waals surface area contributed by atoms with Crippen LogP contribution < -0.4 is 5.32 Å².